The Bertz CT molecular complexity index is 655. The molecule has 0 fully saturated rings. The van der Waals surface area contributed by atoms with E-state index in [0.717, 1.165) is 30.4 Å². The third-order valence-corrected chi connectivity index (χ3v) is 4.65. The van der Waals surface area contributed by atoms with Crippen LogP contribution in [0.15, 0.2) is 41.4 Å². The van der Waals surface area contributed by atoms with Crippen LogP contribution in [-0.2, 0) is 13.0 Å². The molecule has 0 saturated carbocycles. The first-order valence-electron chi connectivity index (χ1n) is 8.04. The van der Waals surface area contributed by atoms with E-state index in [1.165, 1.54) is 9.75 Å². The van der Waals surface area contributed by atoms with E-state index in [0.29, 0.717) is 13.2 Å². The number of ether oxygens (including phenoxy) is 2. The molecule has 0 atom stereocenters. The molecule has 2 aromatic rings. The number of rotatable bonds is 8. The lowest BCUT2D eigenvalue weighted by atomic mass is 10.3. The van der Waals surface area contributed by atoms with Gasteiger partial charge in [-0.05, 0) is 30.7 Å². The Hall–Kier alpha value is -2.21. The van der Waals surface area contributed by atoms with Crippen molar-refractivity contribution in [1.29, 1.82) is 0 Å². The molecule has 1 aromatic carbocycles. The Morgan fingerprint density at radius 1 is 1.12 bits per heavy atom. The van der Waals surface area contributed by atoms with Gasteiger partial charge in [-0.15, -0.1) is 11.3 Å². The van der Waals surface area contributed by atoms with Crippen molar-refractivity contribution in [3.8, 4) is 11.5 Å². The van der Waals surface area contributed by atoms with Gasteiger partial charge in [0.25, 0.3) is 0 Å². The number of benzene rings is 1. The largest absolute Gasteiger partial charge is 0.497 e. The predicted octanol–water partition coefficient (Wildman–Crippen LogP) is 3.06. The van der Waals surface area contributed by atoms with E-state index in [4.69, 9.17) is 9.47 Å². The average molecular weight is 347 g/mol. The van der Waals surface area contributed by atoms with Gasteiger partial charge in [0.15, 0.2) is 5.96 Å². The van der Waals surface area contributed by atoms with Gasteiger partial charge in [0.1, 0.15) is 18.1 Å². The molecular formula is C18H25N3O2S. The SMILES string of the molecule is CCc1ccc(CNC(=NC)NCCOc2cccc(OC)c2)s1. The fourth-order valence-corrected chi connectivity index (χ4v) is 3.03. The number of aliphatic imine (C=N–C) groups is 1. The summed E-state index contributed by atoms with van der Waals surface area (Å²) in [7, 11) is 3.41. The van der Waals surface area contributed by atoms with Crippen LogP contribution < -0.4 is 20.1 Å². The average Bonchev–Trinajstić information content (AvgIpc) is 3.09. The van der Waals surface area contributed by atoms with Crippen molar-refractivity contribution in [3.63, 3.8) is 0 Å². The summed E-state index contributed by atoms with van der Waals surface area (Å²) in [6.45, 7) is 4.17. The second kappa shape index (κ2) is 9.82. The van der Waals surface area contributed by atoms with Crippen LogP contribution >= 0.6 is 11.3 Å². The van der Waals surface area contributed by atoms with Crippen molar-refractivity contribution >= 4 is 17.3 Å². The topological polar surface area (TPSA) is 54.9 Å². The number of methoxy groups -OCH3 is 1. The fourth-order valence-electron chi connectivity index (χ4n) is 2.13. The maximum Gasteiger partial charge on any atom is 0.191 e. The number of aryl methyl sites for hydroxylation is 1. The molecule has 0 spiro atoms. The Morgan fingerprint density at radius 3 is 2.62 bits per heavy atom. The van der Waals surface area contributed by atoms with Gasteiger partial charge in [-0.1, -0.05) is 13.0 Å². The molecule has 0 bridgehead atoms. The number of hydrogen-bond donors (Lipinski definition) is 2. The first-order chi connectivity index (χ1) is 11.7. The zero-order valence-corrected chi connectivity index (χ0v) is 15.3. The van der Waals surface area contributed by atoms with E-state index in [1.807, 2.05) is 35.6 Å². The molecule has 0 unspecified atom stereocenters. The molecule has 0 radical (unpaired) electrons. The van der Waals surface area contributed by atoms with E-state index in [-0.39, 0.29) is 0 Å². The maximum absolute atomic E-state index is 5.70. The van der Waals surface area contributed by atoms with Crippen LogP contribution in [0.3, 0.4) is 0 Å². The Balaban J connectivity index is 1.69. The van der Waals surface area contributed by atoms with Crippen molar-refractivity contribution in [2.24, 2.45) is 4.99 Å². The number of hydrogen-bond acceptors (Lipinski definition) is 4. The smallest absolute Gasteiger partial charge is 0.191 e. The van der Waals surface area contributed by atoms with Crippen LogP contribution in [0.25, 0.3) is 0 Å². The molecule has 0 aliphatic carbocycles. The van der Waals surface area contributed by atoms with Crippen LogP contribution in [0.2, 0.25) is 0 Å². The van der Waals surface area contributed by atoms with Gasteiger partial charge in [-0.25, -0.2) is 0 Å². The fraction of sp³-hybridized carbons (Fsp3) is 0.389. The van der Waals surface area contributed by atoms with E-state index in [1.54, 1.807) is 14.2 Å². The highest BCUT2D eigenvalue weighted by atomic mass is 32.1. The normalized spacial score (nSPS) is 11.2. The molecule has 6 heteroatoms. The molecule has 1 aromatic heterocycles. The van der Waals surface area contributed by atoms with E-state index in [2.05, 4.69) is 34.7 Å². The molecule has 24 heavy (non-hydrogen) atoms. The van der Waals surface area contributed by atoms with Gasteiger partial charge in [0.05, 0.1) is 20.2 Å². The Morgan fingerprint density at radius 2 is 1.92 bits per heavy atom. The van der Waals surface area contributed by atoms with Gasteiger partial charge in [-0.3, -0.25) is 4.99 Å². The Labute approximate surface area is 147 Å². The van der Waals surface area contributed by atoms with E-state index in [9.17, 15) is 0 Å². The highest BCUT2D eigenvalue weighted by Crippen LogP contribution is 2.18. The summed E-state index contributed by atoms with van der Waals surface area (Å²) in [4.78, 5) is 6.94. The molecule has 5 nitrogen and oxygen atoms in total. The minimum absolute atomic E-state index is 0.548. The van der Waals surface area contributed by atoms with Crippen molar-refractivity contribution in [1.82, 2.24) is 10.6 Å². The lowest BCUT2D eigenvalue weighted by Gasteiger charge is -2.12. The quantitative estimate of drug-likeness (QED) is 0.438. The van der Waals surface area contributed by atoms with Crippen molar-refractivity contribution < 1.29 is 9.47 Å². The molecule has 0 amide bonds. The summed E-state index contributed by atoms with van der Waals surface area (Å²) in [5.41, 5.74) is 0. The molecule has 2 rings (SSSR count). The highest BCUT2D eigenvalue weighted by Gasteiger charge is 2.02. The molecule has 2 N–H and O–H groups in total. The monoisotopic (exact) mass is 347 g/mol. The summed E-state index contributed by atoms with van der Waals surface area (Å²) < 4.78 is 10.9. The van der Waals surface area contributed by atoms with Gasteiger partial charge in [0.2, 0.25) is 0 Å². The van der Waals surface area contributed by atoms with E-state index >= 15 is 0 Å². The molecule has 130 valence electrons. The van der Waals surface area contributed by atoms with Crippen molar-refractivity contribution in [2.75, 3.05) is 27.3 Å². The van der Waals surface area contributed by atoms with Gasteiger partial charge in [0, 0.05) is 22.9 Å². The van der Waals surface area contributed by atoms with Crippen LogP contribution in [0.4, 0.5) is 0 Å². The maximum atomic E-state index is 5.70. The standard InChI is InChI=1S/C18H25N3O2S/c1-4-16-8-9-17(24-16)13-21-18(19-2)20-10-11-23-15-7-5-6-14(12-15)22-3/h5-9,12H,4,10-11,13H2,1-3H3,(H2,19,20,21). The summed E-state index contributed by atoms with van der Waals surface area (Å²) >= 11 is 1.83. The molecule has 1 heterocycles. The van der Waals surface area contributed by atoms with Crippen molar-refractivity contribution in [3.05, 3.63) is 46.2 Å². The summed E-state index contributed by atoms with van der Waals surface area (Å²) in [6.07, 6.45) is 1.08. The lowest BCUT2D eigenvalue weighted by molar-refractivity contribution is 0.319. The first-order valence-corrected chi connectivity index (χ1v) is 8.85. The predicted molar refractivity (Wildman–Crippen MR) is 100 cm³/mol. The molecule has 0 saturated heterocycles. The molecule has 0 aliphatic heterocycles. The van der Waals surface area contributed by atoms with Crippen LogP contribution in [0, 0.1) is 0 Å². The molecule has 0 aliphatic rings. The van der Waals surface area contributed by atoms with Crippen LogP contribution in [-0.4, -0.2) is 33.3 Å². The number of thiophene rings is 1. The third kappa shape index (κ3) is 5.77. The van der Waals surface area contributed by atoms with Gasteiger partial charge >= 0.3 is 0 Å². The van der Waals surface area contributed by atoms with Crippen LogP contribution in [0.1, 0.15) is 16.7 Å². The highest BCUT2D eigenvalue weighted by molar-refractivity contribution is 7.11. The summed E-state index contributed by atoms with van der Waals surface area (Å²) in [6, 6.07) is 11.9. The minimum atomic E-state index is 0.548. The lowest BCUT2D eigenvalue weighted by Crippen LogP contribution is -2.38. The zero-order valence-electron chi connectivity index (χ0n) is 14.5. The minimum Gasteiger partial charge on any atom is -0.497 e. The summed E-state index contributed by atoms with van der Waals surface area (Å²) in [5.74, 6) is 2.36. The van der Waals surface area contributed by atoms with Crippen LogP contribution in [0.5, 0.6) is 11.5 Å². The number of nitrogens with zero attached hydrogens (tertiary/aromatic N) is 1. The van der Waals surface area contributed by atoms with Crippen molar-refractivity contribution in [2.45, 2.75) is 19.9 Å². The Kier molecular flexibility index (Phi) is 7.42. The van der Waals surface area contributed by atoms with Gasteiger partial charge < -0.3 is 20.1 Å². The zero-order chi connectivity index (χ0) is 17.2. The first kappa shape index (κ1) is 18.1. The molecular weight excluding hydrogens is 322 g/mol. The number of guanidine groups is 1. The second-order valence-electron chi connectivity index (χ2n) is 5.10. The van der Waals surface area contributed by atoms with E-state index < -0.39 is 0 Å². The third-order valence-electron chi connectivity index (χ3n) is 3.42. The number of nitrogens with one attached hydrogen (secondary N) is 2. The summed E-state index contributed by atoms with van der Waals surface area (Å²) in [5, 5.41) is 6.56. The van der Waals surface area contributed by atoms with Gasteiger partial charge in [-0.2, -0.15) is 0 Å². The second-order valence-corrected chi connectivity index (χ2v) is 6.35.